The van der Waals surface area contributed by atoms with Crippen molar-refractivity contribution >= 4 is 29.4 Å². The zero-order valence-electron chi connectivity index (χ0n) is 15.9. The molecule has 2 aromatic rings. The molecule has 0 bridgehead atoms. The van der Waals surface area contributed by atoms with Crippen LogP contribution in [0.2, 0.25) is 5.02 Å². The van der Waals surface area contributed by atoms with E-state index >= 15 is 0 Å². The maximum Gasteiger partial charge on any atom is 0.323 e. The number of likely N-dealkylation sites (tertiary alicyclic amines) is 1. The molecular formula is C20H23ClN4O3. The van der Waals surface area contributed by atoms with Gasteiger partial charge in [-0.3, -0.25) is 10.1 Å². The number of carbonyl (C=O) groups is 2. The Morgan fingerprint density at radius 2 is 2.00 bits per heavy atom. The molecule has 0 radical (unpaired) electrons. The van der Waals surface area contributed by atoms with Gasteiger partial charge in [-0.25, -0.2) is 9.78 Å². The van der Waals surface area contributed by atoms with E-state index in [-0.39, 0.29) is 18.0 Å². The largest absolute Gasteiger partial charge is 0.489 e. The molecule has 1 aromatic heterocycles. The first-order chi connectivity index (χ1) is 13.5. The zero-order valence-corrected chi connectivity index (χ0v) is 16.6. The van der Waals surface area contributed by atoms with Crippen molar-refractivity contribution in [3.8, 4) is 5.75 Å². The highest BCUT2D eigenvalue weighted by Crippen LogP contribution is 2.30. The average Bonchev–Trinajstić information content (AvgIpc) is 2.71. The fraction of sp³-hybridized carbons (Fsp3) is 0.350. The first kappa shape index (κ1) is 19.9. The third-order valence-corrected chi connectivity index (χ3v) is 5.15. The highest BCUT2D eigenvalue weighted by atomic mass is 35.5. The number of ether oxygens (including phenoxy) is 1. The van der Waals surface area contributed by atoms with Gasteiger partial charge >= 0.3 is 6.03 Å². The number of halogens is 1. The van der Waals surface area contributed by atoms with Crippen LogP contribution in [0.1, 0.15) is 28.8 Å². The van der Waals surface area contributed by atoms with Gasteiger partial charge in [0.05, 0.1) is 5.02 Å². The molecule has 8 heteroatoms. The van der Waals surface area contributed by atoms with Crippen molar-refractivity contribution in [1.82, 2.24) is 15.2 Å². The lowest BCUT2D eigenvalue weighted by atomic mass is 10.1. The van der Waals surface area contributed by atoms with Crippen LogP contribution in [0.4, 0.5) is 10.6 Å². The van der Waals surface area contributed by atoms with Gasteiger partial charge in [0.2, 0.25) is 0 Å². The quantitative estimate of drug-likeness (QED) is 0.820. The van der Waals surface area contributed by atoms with Gasteiger partial charge in [-0.05, 0) is 30.7 Å². The molecule has 2 heterocycles. The van der Waals surface area contributed by atoms with Crippen molar-refractivity contribution in [3.63, 3.8) is 0 Å². The van der Waals surface area contributed by atoms with Gasteiger partial charge in [-0.2, -0.15) is 0 Å². The minimum Gasteiger partial charge on any atom is -0.489 e. The highest BCUT2D eigenvalue weighted by Gasteiger charge is 2.25. The number of hydrogen-bond acceptors (Lipinski definition) is 4. The number of anilines is 1. The smallest absolute Gasteiger partial charge is 0.323 e. The number of pyridine rings is 1. The summed E-state index contributed by atoms with van der Waals surface area (Å²) in [6.45, 7) is 3.07. The van der Waals surface area contributed by atoms with Crippen LogP contribution in [0.3, 0.4) is 0 Å². The molecule has 1 saturated heterocycles. The van der Waals surface area contributed by atoms with Gasteiger partial charge in [-0.15, -0.1) is 0 Å². The number of hydrogen-bond donors (Lipinski definition) is 2. The summed E-state index contributed by atoms with van der Waals surface area (Å²) in [6.07, 6.45) is 2.93. The summed E-state index contributed by atoms with van der Waals surface area (Å²) in [4.78, 5) is 30.0. The molecule has 148 valence electrons. The van der Waals surface area contributed by atoms with Crippen molar-refractivity contribution in [2.45, 2.75) is 25.9 Å². The molecule has 1 fully saturated rings. The SMILES string of the molecule is CNC(=O)c1ccnc(NC(=O)N2CCC(Oc3cccc(C)c3Cl)CC2)c1. The van der Waals surface area contributed by atoms with Crippen LogP contribution in [0.25, 0.3) is 0 Å². The van der Waals surface area contributed by atoms with Crippen LogP contribution in [0.15, 0.2) is 36.5 Å². The molecule has 0 unspecified atom stereocenters. The predicted molar refractivity (Wildman–Crippen MR) is 108 cm³/mol. The van der Waals surface area contributed by atoms with Gasteiger partial charge in [0.25, 0.3) is 5.91 Å². The number of nitrogens with one attached hydrogen (secondary N) is 2. The summed E-state index contributed by atoms with van der Waals surface area (Å²) >= 11 is 6.29. The van der Waals surface area contributed by atoms with Crippen molar-refractivity contribution < 1.29 is 14.3 Å². The molecule has 0 atom stereocenters. The Morgan fingerprint density at radius 1 is 1.25 bits per heavy atom. The number of amides is 3. The minimum absolute atomic E-state index is 0.0121. The third kappa shape index (κ3) is 4.72. The first-order valence-electron chi connectivity index (χ1n) is 9.13. The molecule has 7 nitrogen and oxygen atoms in total. The Kier molecular flexibility index (Phi) is 6.36. The Balaban J connectivity index is 1.54. The van der Waals surface area contributed by atoms with Crippen molar-refractivity contribution in [3.05, 3.63) is 52.7 Å². The number of aromatic nitrogens is 1. The lowest BCUT2D eigenvalue weighted by Crippen LogP contribution is -2.43. The van der Waals surface area contributed by atoms with E-state index in [4.69, 9.17) is 16.3 Å². The van der Waals surface area contributed by atoms with Gasteiger partial charge in [0.1, 0.15) is 17.7 Å². The second-order valence-electron chi connectivity index (χ2n) is 6.63. The van der Waals surface area contributed by atoms with Crippen LogP contribution in [-0.2, 0) is 0 Å². The van der Waals surface area contributed by atoms with E-state index in [1.54, 1.807) is 24.1 Å². The predicted octanol–water partition coefficient (Wildman–Crippen LogP) is 3.48. The molecule has 1 aliphatic heterocycles. The third-order valence-electron chi connectivity index (χ3n) is 4.66. The number of rotatable bonds is 4. The van der Waals surface area contributed by atoms with Gasteiger partial charge in [0.15, 0.2) is 0 Å². The topological polar surface area (TPSA) is 83.6 Å². The molecule has 0 spiro atoms. The van der Waals surface area contributed by atoms with E-state index in [1.165, 1.54) is 6.20 Å². The maximum absolute atomic E-state index is 12.5. The van der Waals surface area contributed by atoms with E-state index in [9.17, 15) is 9.59 Å². The fourth-order valence-corrected chi connectivity index (χ4v) is 3.21. The van der Waals surface area contributed by atoms with Gasteiger partial charge in [-0.1, -0.05) is 23.7 Å². The van der Waals surface area contributed by atoms with Crippen LogP contribution in [0, 0.1) is 6.92 Å². The van der Waals surface area contributed by atoms with Crippen molar-refractivity contribution in [2.75, 3.05) is 25.5 Å². The molecule has 0 saturated carbocycles. The number of piperidine rings is 1. The molecule has 0 aliphatic carbocycles. The molecule has 1 aromatic carbocycles. The van der Waals surface area contributed by atoms with Crippen LogP contribution in [0.5, 0.6) is 5.75 Å². The summed E-state index contributed by atoms with van der Waals surface area (Å²) in [5, 5.41) is 5.92. The van der Waals surface area contributed by atoms with Crippen LogP contribution < -0.4 is 15.4 Å². The molecule has 3 rings (SSSR count). The number of nitrogens with zero attached hydrogens (tertiary/aromatic N) is 2. The lowest BCUT2D eigenvalue weighted by Gasteiger charge is -2.32. The van der Waals surface area contributed by atoms with E-state index < -0.39 is 0 Å². The Labute approximate surface area is 169 Å². The minimum atomic E-state index is -0.242. The average molecular weight is 403 g/mol. The van der Waals surface area contributed by atoms with E-state index in [0.717, 1.165) is 5.56 Å². The number of carbonyl (C=O) groups excluding carboxylic acids is 2. The number of benzene rings is 1. The second kappa shape index (κ2) is 8.93. The zero-order chi connectivity index (χ0) is 20.1. The molecule has 3 amide bonds. The van der Waals surface area contributed by atoms with Crippen molar-refractivity contribution in [2.24, 2.45) is 0 Å². The molecule has 2 N–H and O–H groups in total. The number of urea groups is 1. The number of aryl methyl sites for hydroxylation is 1. The van der Waals surface area contributed by atoms with Crippen LogP contribution in [-0.4, -0.2) is 48.1 Å². The molecule has 28 heavy (non-hydrogen) atoms. The second-order valence-corrected chi connectivity index (χ2v) is 7.01. The van der Waals surface area contributed by atoms with Crippen LogP contribution >= 0.6 is 11.6 Å². The summed E-state index contributed by atoms with van der Waals surface area (Å²) in [5.41, 5.74) is 1.41. The van der Waals surface area contributed by atoms with E-state index in [0.29, 0.717) is 48.1 Å². The summed E-state index contributed by atoms with van der Waals surface area (Å²) in [6, 6.07) is 8.61. The van der Waals surface area contributed by atoms with E-state index in [2.05, 4.69) is 15.6 Å². The van der Waals surface area contributed by atoms with Gasteiger partial charge in [0, 0.05) is 44.7 Å². The normalized spacial score (nSPS) is 14.5. The Hall–Kier alpha value is -2.80. The molecular weight excluding hydrogens is 380 g/mol. The Morgan fingerprint density at radius 3 is 2.71 bits per heavy atom. The van der Waals surface area contributed by atoms with Gasteiger partial charge < -0.3 is 15.0 Å². The maximum atomic E-state index is 12.5. The summed E-state index contributed by atoms with van der Waals surface area (Å²) in [5.74, 6) is 0.793. The van der Waals surface area contributed by atoms with E-state index in [1.807, 2.05) is 25.1 Å². The first-order valence-corrected chi connectivity index (χ1v) is 9.51. The highest BCUT2D eigenvalue weighted by molar-refractivity contribution is 6.32. The van der Waals surface area contributed by atoms with Crippen molar-refractivity contribution in [1.29, 1.82) is 0 Å². The Bertz CT molecular complexity index is 866. The molecule has 1 aliphatic rings. The fourth-order valence-electron chi connectivity index (χ4n) is 3.04. The summed E-state index contributed by atoms with van der Waals surface area (Å²) < 4.78 is 6.02. The lowest BCUT2D eigenvalue weighted by molar-refractivity contribution is 0.0962. The monoisotopic (exact) mass is 402 g/mol. The standard InChI is InChI=1S/C20H23ClN4O3/c1-13-4-3-5-16(18(13)21)28-15-7-10-25(11-8-15)20(27)24-17-12-14(6-9-23-17)19(26)22-2/h3-6,9,12,15H,7-8,10-11H2,1-2H3,(H,22,26)(H,23,24,27). The summed E-state index contributed by atoms with van der Waals surface area (Å²) in [7, 11) is 1.55.